The summed E-state index contributed by atoms with van der Waals surface area (Å²) in [6, 6.07) is 0. The highest BCUT2D eigenvalue weighted by atomic mass is 16.5. The smallest absolute Gasteiger partial charge is 0.0726 e. The van der Waals surface area contributed by atoms with Gasteiger partial charge >= 0.3 is 0 Å². The monoisotopic (exact) mass is 269 g/mol. The average molecular weight is 269 g/mol. The minimum absolute atomic E-state index is 0.176. The van der Waals surface area contributed by atoms with Gasteiger partial charge in [-0.25, -0.2) is 0 Å². The molecule has 19 heavy (non-hydrogen) atoms. The Morgan fingerprint density at radius 2 is 1.89 bits per heavy atom. The molecular formula is C17H35NO. The summed E-state index contributed by atoms with van der Waals surface area (Å²) in [5.74, 6) is 1.47. The van der Waals surface area contributed by atoms with Crippen molar-refractivity contribution in [3.8, 4) is 0 Å². The molecule has 1 saturated carbocycles. The van der Waals surface area contributed by atoms with E-state index in [-0.39, 0.29) is 5.54 Å². The number of hydrogen-bond acceptors (Lipinski definition) is 2. The lowest BCUT2D eigenvalue weighted by Gasteiger charge is -2.34. The van der Waals surface area contributed by atoms with Gasteiger partial charge in [-0.05, 0) is 45.4 Å². The van der Waals surface area contributed by atoms with E-state index in [1.165, 1.54) is 32.1 Å². The molecule has 0 amide bonds. The second-order valence-electron chi connectivity index (χ2n) is 7.61. The Labute approximate surface area is 120 Å². The lowest BCUT2D eigenvalue weighted by molar-refractivity contribution is -0.0605. The Morgan fingerprint density at radius 3 is 2.42 bits per heavy atom. The van der Waals surface area contributed by atoms with Gasteiger partial charge in [-0.15, -0.1) is 0 Å². The highest BCUT2D eigenvalue weighted by Gasteiger charge is 2.26. The zero-order valence-electron chi connectivity index (χ0n) is 14.0. The van der Waals surface area contributed by atoms with E-state index in [0.29, 0.717) is 18.1 Å². The van der Waals surface area contributed by atoms with Crippen molar-refractivity contribution in [3.05, 3.63) is 0 Å². The van der Waals surface area contributed by atoms with E-state index >= 15 is 0 Å². The zero-order valence-corrected chi connectivity index (χ0v) is 14.0. The SMILES string of the molecule is CCC1CCCC(OC(CNC(C)(C)C)C(C)C)C1. The quantitative estimate of drug-likeness (QED) is 0.772. The molecule has 2 nitrogen and oxygen atoms in total. The fourth-order valence-electron chi connectivity index (χ4n) is 2.83. The van der Waals surface area contributed by atoms with Crippen LogP contribution in [0, 0.1) is 11.8 Å². The van der Waals surface area contributed by atoms with Crippen molar-refractivity contribution in [3.63, 3.8) is 0 Å². The first-order chi connectivity index (χ1) is 8.81. The summed E-state index contributed by atoms with van der Waals surface area (Å²) in [4.78, 5) is 0. The first kappa shape index (κ1) is 17.0. The van der Waals surface area contributed by atoms with Crippen molar-refractivity contribution < 1.29 is 4.74 Å². The third-order valence-corrected chi connectivity index (χ3v) is 4.26. The zero-order chi connectivity index (χ0) is 14.5. The van der Waals surface area contributed by atoms with Gasteiger partial charge in [0.1, 0.15) is 0 Å². The van der Waals surface area contributed by atoms with Gasteiger partial charge in [-0.3, -0.25) is 0 Å². The molecule has 3 unspecified atom stereocenters. The lowest BCUT2D eigenvalue weighted by atomic mass is 9.85. The van der Waals surface area contributed by atoms with Crippen LogP contribution in [0.1, 0.15) is 73.6 Å². The maximum absolute atomic E-state index is 6.42. The van der Waals surface area contributed by atoms with Gasteiger partial charge in [-0.2, -0.15) is 0 Å². The van der Waals surface area contributed by atoms with Gasteiger partial charge < -0.3 is 10.1 Å². The van der Waals surface area contributed by atoms with E-state index in [1.54, 1.807) is 0 Å². The molecule has 0 spiro atoms. The predicted molar refractivity (Wildman–Crippen MR) is 83.5 cm³/mol. The number of hydrogen-bond donors (Lipinski definition) is 1. The second kappa shape index (κ2) is 7.64. The standard InChI is InChI=1S/C17H35NO/c1-7-14-9-8-10-15(11-14)19-16(13(2)3)12-18-17(4,5)6/h13-16,18H,7-12H2,1-6H3. The van der Waals surface area contributed by atoms with Gasteiger partial charge in [0.05, 0.1) is 12.2 Å². The molecule has 0 aromatic carbocycles. The van der Waals surface area contributed by atoms with Crippen LogP contribution in [-0.4, -0.2) is 24.3 Å². The van der Waals surface area contributed by atoms with E-state index in [4.69, 9.17) is 4.74 Å². The van der Waals surface area contributed by atoms with Crippen LogP contribution < -0.4 is 5.32 Å². The van der Waals surface area contributed by atoms with Gasteiger partial charge in [0.15, 0.2) is 0 Å². The first-order valence-corrected chi connectivity index (χ1v) is 8.22. The van der Waals surface area contributed by atoms with Crippen molar-refractivity contribution in [2.24, 2.45) is 11.8 Å². The molecule has 0 aliphatic heterocycles. The summed E-state index contributed by atoms with van der Waals surface area (Å²) in [6.45, 7) is 14.5. The summed E-state index contributed by atoms with van der Waals surface area (Å²) in [5, 5.41) is 3.59. The van der Waals surface area contributed by atoms with Crippen molar-refractivity contribution in [2.45, 2.75) is 91.4 Å². The van der Waals surface area contributed by atoms with Crippen LogP contribution in [0.4, 0.5) is 0 Å². The van der Waals surface area contributed by atoms with Crippen molar-refractivity contribution in [2.75, 3.05) is 6.54 Å². The first-order valence-electron chi connectivity index (χ1n) is 8.22. The largest absolute Gasteiger partial charge is 0.373 e. The fourth-order valence-corrected chi connectivity index (χ4v) is 2.83. The molecule has 0 radical (unpaired) electrons. The average Bonchev–Trinajstić information content (AvgIpc) is 2.33. The van der Waals surface area contributed by atoms with Crippen LogP contribution >= 0.6 is 0 Å². The fraction of sp³-hybridized carbons (Fsp3) is 1.00. The summed E-state index contributed by atoms with van der Waals surface area (Å²) >= 11 is 0. The Hall–Kier alpha value is -0.0800. The molecule has 0 aromatic rings. The lowest BCUT2D eigenvalue weighted by Crippen LogP contribution is -2.44. The maximum Gasteiger partial charge on any atom is 0.0726 e. The number of ether oxygens (including phenoxy) is 1. The molecule has 0 heterocycles. The van der Waals surface area contributed by atoms with E-state index < -0.39 is 0 Å². The molecule has 0 bridgehead atoms. The summed E-state index contributed by atoms with van der Waals surface area (Å²) in [6.07, 6.45) is 7.44. The van der Waals surface area contributed by atoms with Crippen molar-refractivity contribution in [1.29, 1.82) is 0 Å². The third-order valence-electron chi connectivity index (χ3n) is 4.26. The normalized spacial score (nSPS) is 26.7. The predicted octanol–water partition coefficient (Wildman–Crippen LogP) is 4.38. The van der Waals surface area contributed by atoms with Gasteiger partial charge in [0.2, 0.25) is 0 Å². The molecule has 1 fully saturated rings. The van der Waals surface area contributed by atoms with E-state index in [1.807, 2.05) is 0 Å². The molecule has 0 saturated heterocycles. The van der Waals surface area contributed by atoms with Gasteiger partial charge in [0, 0.05) is 12.1 Å². The van der Waals surface area contributed by atoms with Crippen molar-refractivity contribution >= 4 is 0 Å². The minimum Gasteiger partial charge on any atom is -0.373 e. The highest BCUT2D eigenvalue weighted by Crippen LogP contribution is 2.29. The Kier molecular flexibility index (Phi) is 6.82. The Morgan fingerprint density at radius 1 is 1.21 bits per heavy atom. The molecule has 3 atom stereocenters. The van der Waals surface area contributed by atoms with Crippen LogP contribution in [0.25, 0.3) is 0 Å². The Bertz CT molecular complexity index is 244. The topological polar surface area (TPSA) is 21.3 Å². The van der Waals surface area contributed by atoms with Crippen LogP contribution in [0.5, 0.6) is 0 Å². The maximum atomic E-state index is 6.42. The highest BCUT2D eigenvalue weighted by molar-refractivity contribution is 4.78. The van der Waals surface area contributed by atoms with Gasteiger partial charge in [0.25, 0.3) is 0 Å². The molecule has 114 valence electrons. The van der Waals surface area contributed by atoms with Crippen LogP contribution in [0.2, 0.25) is 0 Å². The van der Waals surface area contributed by atoms with Crippen LogP contribution in [-0.2, 0) is 4.74 Å². The molecule has 1 aliphatic rings. The van der Waals surface area contributed by atoms with E-state index in [9.17, 15) is 0 Å². The van der Waals surface area contributed by atoms with Crippen LogP contribution in [0.3, 0.4) is 0 Å². The third kappa shape index (κ3) is 6.76. The Balaban J connectivity index is 2.44. The van der Waals surface area contributed by atoms with E-state index in [2.05, 4.69) is 46.9 Å². The molecule has 0 aromatic heterocycles. The molecule has 1 rings (SSSR count). The number of nitrogens with one attached hydrogen (secondary N) is 1. The molecule has 2 heteroatoms. The summed E-state index contributed by atoms with van der Waals surface area (Å²) in [7, 11) is 0. The van der Waals surface area contributed by atoms with Crippen molar-refractivity contribution in [1.82, 2.24) is 5.32 Å². The van der Waals surface area contributed by atoms with Crippen LogP contribution in [0.15, 0.2) is 0 Å². The number of rotatable bonds is 6. The summed E-state index contributed by atoms with van der Waals surface area (Å²) in [5.41, 5.74) is 0.176. The van der Waals surface area contributed by atoms with E-state index in [0.717, 1.165) is 12.5 Å². The molecule has 1 aliphatic carbocycles. The summed E-state index contributed by atoms with van der Waals surface area (Å²) < 4.78 is 6.42. The molecule has 1 N–H and O–H groups in total. The second-order valence-corrected chi connectivity index (χ2v) is 7.61. The molecular weight excluding hydrogens is 234 g/mol. The minimum atomic E-state index is 0.176. The van der Waals surface area contributed by atoms with Gasteiger partial charge in [-0.1, -0.05) is 40.0 Å².